The van der Waals surface area contributed by atoms with Crippen molar-refractivity contribution < 1.29 is 13.2 Å². The van der Waals surface area contributed by atoms with Gasteiger partial charge in [0.25, 0.3) is 0 Å². The van der Waals surface area contributed by atoms with Gasteiger partial charge in [0.15, 0.2) is 0 Å². The Morgan fingerprint density at radius 2 is 1.92 bits per heavy atom. The molecule has 0 saturated carbocycles. The number of hydrogen-bond acceptors (Lipinski definition) is 6. The zero-order valence-electron chi connectivity index (χ0n) is 14.6. The minimum atomic E-state index is -3.51. The molecular weight excluding hydrogens is 372 g/mol. The van der Waals surface area contributed by atoms with Crippen LogP contribution in [0, 0.1) is 0 Å². The van der Waals surface area contributed by atoms with E-state index in [1.165, 1.54) is 16.5 Å². The normalized spacial score (nSPS) is 16.0. The molecule has 0 spiro atoms. The Labute approximate surface area is 157 Å². The average Bonchev–Trinajstić information content (AvgIpc) is 3.09. The van der Waals surface area contributed by atoms with E-state index >= 15 is 0 Å². The summed E-state index contributed by atoms with van der Waals surface area (Å²) in [5.74, 6) is 1.28. The molecule has 2 heterocycles. The highest BCUT2D eigenvalue weighted by Crippen LogP contribution is 2.23. The number of benzene rings is 1. The Morgan fingerprint density at radius 3 is 2.54 bits per heavy atom. The number of nitrogens with zero attached hydrogens (tertiary/aromatic N) is 4. The van der Waals surface area contributed by atoms with E-state index in [0.29, 0.717) is 31.7 Å². The summed E-state index contributed by atoms with van der Waals surface area (Å²) in [4.78, 5) is 14.1. The lowest BCUT2D eigenvalue weighted by Gasteiger charge is -2.31. The lowest BCUT2D eigenvalue weighted by Crippen LogP contribution is -2.43. The van der Waals surface area contributed by atoms with E-state index in [-0.39, 0.29) is 11.1 Å². The van der Waals surface area contributed by atoms with Gasteiger partial charge in [0.05, 0.1) is 11.0 Å². The van der Waals surface area contributed by atoms with Crippen molar-refractivity contribution >= 4 is 27.5 Å². The summed E-state index contributed by atoms with van der Waals surface area (Å²) < 4.78 is 26.7. The van der Waals surface area contributed by atoms with Gasteiger partial charge in [-0.3, -0.25) is 4.79 Å². The number of aryl methyl sites for hydroxylation is 1. The van der Waals surface area contributed by atoms with E-state index in [1.807, 2.05) is 30.3 Å². The van der Waals surface area contributed by atoms with Gasteiger partial charge < -0.3 is 9.47 Å². The van der Waals surface area contributed by atoms with Crippen LogP contribution in [-0.4, -0.2) is 58.1 Å². The molecule has 1 fully saturated rings. The molecule has 0 aliphatic carbocycles. The molecule has 0 bridgehead atoms. The van der Waals surface area contributed by atoms with Crippen LogP contribution < -0.4 is 0 Å². The predicted molar refractivity (Wildman–Crippen MR) is 100 cm³/mol. The number of sulfone groups is 1. The van der Waals surface area contributed by atoms with Crippen LogP contribution in [0.4, 0.5) is 0 Å². The van der Waals surface area contributed by atoms with Crippen LogP contribution in [0.1, 0.15) is 18.4 Å². The smallest absolute Gasteiger partial charge is 0.249 e. The molecule has 140 valence electrons. The molecule has 0 atom stereocenters. The maximum Gasteiger partial charge on any atom is 0.249 e. The highest BCUT2D eigenvalue weighted by molar-refractivity contribution is 7.99. The standard InChI is InChI=1S/C17H22N4O3S2/c1-20-13-18-19-17(20)26(23,24)15-7-9-21(10-8-15)16(22)12-25-11-14-5-3-2-4-6-14/h2-6,13,15H,7-12H2,1H3. The molecule has 1 aromatic carbocycles. The Morgan fingerprint density at radius 1 is 1.23 bits per heavy atom. The zero-order chi connectivity index (χ0) is 18.6. The Hall–Kier alpha value is -1.87. The topological polar surface area (TPSA) is 85.2 Å². The monoisotopic (exact) mass is 394 g/mol. The van der Waals surface area contributed by atoms with Gasteiger partial charge in [-0.1, -0.05) is 30.3 Å². The van der Waals surface area contributed by atoms with Crippen molar-refractivity contribution in [3.8, 4) is 0 Å². The second kappa shape index (κ2) is 8.22. The van der Waals surface area contributed by atoms with Crippen molar-refractivity contribution in [3.05, 3.63) is 42.2 Å². The third kappa shape index (κ3) is 4.27. The van der Waals surface area contributed by atoms with E-state index in [1.54, 1.807) is 23.7 Å². The number of aromatic nitrogens is 3. The van der Waals surface area contributed by atoms with Gasteiger partial charge in [0.2, 0.25) is 20.9 Å². The average molecular weight is 395 g/mol. The molecule has 26 heavy (non-hydrogen) atoms. The number of carbonyl (C=O) groups excluding carboxylic acids is 1. The van der Waals surface area contributed by atoms with Gasteiger partial charge >= 0.3 is 0 Å². The largest absolute Gasteiger partial charge is 0.342 e. The molecule has 9 heteroatoms. The second-order valence-electron chi connectivity index (χ2n) is 6.33. The van der Waals surface area contributed by atoms with E-state index in [0.717, 1.165) is 5.75 Å². The van der Waals surface area contributed by atoms with Gasteiger partial charge in [-0.25, -0.2) is 8.42 Å². The molecule has 0 N–H and O–H groups in total. The number of carbonyl (C=O) groups is 1. The van der Waals surface area contributed by atoms with E-state index in [2.05, 4.69) is 10.2 Å². The van der Waals surface area contributed by atoms with Gasteiger partial charge in [-0.05, 0) is 18.4 Å². The van der Waals surface area contributed by atoms with Gasteiger partial charge in [-0.2, -0.15) is 0 Å². The lowest BCUT2D eigenvalue weighted by atomic mass is 10.1. The van der Waals surface area contributed by atoms with Crippen LogP contribution in [0.25, 0.3) is 0 Å². The quantitative estimate of drug-likeness (QED) is 0.738. The maximum absolute atomic E-state index is 12.6. The van der Waals surface area contributed by atoms with Crippen molar-refractivity contribution in [2.75, 3.05) is 18.8 Å². The third-order valence-corrected chi connectivity index (χ3v) is 7.71. The number of amides is 1. The Kier molecular flexibility index (Phi) is 5.98. The molecule has 0 unspecified atom stereocenters. The van der Waals surface area contributed by atoms with E-state index in [9.17, 15) is 13.2 Å². The minimum absolute atomic E-state index is 0.000642. The van der Waals surface area contributed by atoms with Crippen LogP contribution in [0.15, 0.2) is 41.8 Å². The van der Waals surface area contributed by atoms with Crippen LogP contribution in [0.3, 0.4) is 0 Å². The summed E-state index contributed by atoms with van der Waals surface area (Å²) in [7, 11) is -1.88. The molecule has 3 rings (SSSR count). The molecule has 0 radical (unpaired) electrons. The van der Waals surface area contributed by atoms with Crippen molar-refractivity contribution in [2.45, 2.75) is 29.0 Å². The summed E-state index contributed by atoms with van der Waals surface area (Å²) in [6, 6.07) is 10.0. The summed E-state index contributed by atoms with van der Waals surface area (Å²) in [5.41, 5.74) is 1.19. The van der Waals surface area contributed by atoms with E-state index in [4.69, 9.17) is 0 Å². The molecule has 1 aromatic heterocycles. The number of thioether (sulfide) groups is 1. The SMILES string of the molecule is Cn1cnnc1S(=O)(=O)C1CCN(C(=O)CSCc2ccccc2)CC1. The third-order valence-electron chi connectivity index (χ3n) is 4.49. The Bertz CT molecular complexity index is 844. The van der Waals surface area contributed by atoms with Crippen LogP contribution in [0.2, 0.25) is 0 Å². The van der Waals surface area contributed by atoms with Gasteiger partial charge in [0, 0.05) is 25.9 Å². The fourth-order valence-electron chi connectivity index (χ4n) is 3.02. The summed E-state index contributed by atoms with van der Waals surface area (Å²) in [5, 5.41) is 6.87. The molecule has 1 amide bonds. The van der Waals surface area contributed by atoms with Crippen LogP contribution in [0.5, 0.6) is 0 Å². The van der Waals surface area contributed by atoms with Gasteiger partial charge in [0.1, 0.15) is 6.33 Å². The summed E-state index contributed by atoms with van der Waals surface area (Å²) in [6.07, 6.45) is 2.25. The molecule has 1 saturated heterocycles. The van der Waals surface area contributed by atoms with Crippen LogP contribution >= 0.6 is 11.8 Å². The molecular formula is C17H22N4O3S2. The Balaban J connectivity index is 1.49. The second-order valence-corrected chi connectivity index (χ2v) is 9.44. The van der Waals surface area contributed by atoms with Crippen molar-refractivity contribution in [1.29, 1.82) is 0 Å². The van der Waals surface area contributed by atoms with Crippen LogP contribution in [-0.2, 0) is 27.4 Å². The highest BCUT2D eigenvalue weighted by Gasteiger charge is 2.35. The number of piperidine rings is 1. The first-order chi connectivity index (χ1) is 12.5. The fraction of sp³-hybridized carbons (Fsp3) is 0.471. The summed E-state index contributed by atoms with van der Waals surface area (Å²) in [6.45, 7) is 0.930. The van der Waals surface area contributed by atoms with Gasteiger partial charge in [-0.15, -0.1) is 22.0 Å². The molecule has 2 aromatic rings. The summed E-state index contributed by atoms with van der Waals surface area (Å²) >= 11 is 1.58. The molecule has 1 aliphatic heterocycles. The predicted octanol–water partition coefficient (Wildman–Crippen LogP) is 1.51. The highest BCUT2D eigenvalue weighted by atomic mass is 32.2. The zero-order valence-corrected chi connectivity index (χ0v) is 16.2. The van der Waals surface area contributed by atoms with Crippen molar-refractivity contribution in [3.63, 3.8) is 0 Å². The first-order valence-corrected chi connectivity index (χ1v) is 11.2. The minimum Gasteiger partial charge on any atom is -0.342 e. The first-order valence-electron chi connectivity index (χ1n) is 8.46. The van der Waals surface area contributed by atoms with E-state index < -0.39 is 15.1 Å². The lowest BCUT2D eigenvalue weighted by molar-refractivity contribution is -0.129. The molecule has 7 nitrogen and oxygen atoms in total. The first kappa shape index (κ1) is 18.9. The number of rotatable bonds is 6. The number of likely N-dealkylation sites (tertiary alicyclic amines) is 1. The fourth-order valence-corrected chi connectivity index (χ4v) is 5.64. The van der Waals surface area contributed by atoms with Crippen molar-refractivity contribution in [2.24, 2.45) is 7.05 Å². The molecule has 1 aliphatic rings. The maximum atomic E-state index is 12.6. The number of hydrogen-bond donors (Lipinski definition) is 0. The van der Waals surface area contributed by atoms with Crippen molar-refractivity contribution in [1.82, 2.24) is 19.7 Å².